The van der Waals surface area contributed by atoms with E-state index in [1.54, 1.807) is 0 Å². The molecule has 0 bridgehead atoms. The van der Waals surface area contributed by atoms with Crippen LogP contribution >= 0.6 is 0 Å². The first-order chi connectivity index (χ1) is 7.20. The van der Waals surface area contributed by atoms with Gasteiger partial charge < -0.3 is 10.2 Å². The van der Waals surface area contributed by atoms with Crippen LogP contribution < -0.4 is 5.32 Å². The Hall–Kier alpha value is -0.930. The summed E-state index contributed by atoms with van der Waals surface area (Å²) in [6, 6.07) is 6.38. The first kappa shape index (κ1) is 12.1. The molecule has 0 fully saturated rings. The fourth-order valence-electron chi connectivity index (χ4n) is 1.45. The van der Waals surface area contributed by atoms with E-state index in [1.165, 1.54) is 6.42 Å². The lowest BCUT2D eigenvalue weighted by molar-refractivity contribution is 0.388. The molecule has 1 N–H and O–H groups in total. The smallest absolute Gasteiger partial charge is 0.0570 e. The Morgan fingerprint density at radius 3 is 2.80 bits per heavy atom. The highest BCUT2D eigenvalue weighted by atomic mass is 15.1. The molecule has 1 heterocycles. The van der Waals surface area contributed by atoms with E-state index < -0.39 is 0 Å². The zero-order valence-corrected chi connectivity index (χ0v) is 9.90. The molecule has 0 aliphatic heterocycles. The summed E-state index contributed by atoms with van der Waals surface area (Å²) >= 11 is 0. The Morgan fingerprint density at radius 1 is 1.40 bits per heavy atom. The highest BCUT2D eigenvalue weighted by Crippen LogP contribution is 2.07. The maximum Gasteiger partial charge on any atom is 0.0570 e. The summed E-state index contributed by atoms with van der Waals surface area (Å²) in [6.45, 7) is 4.32. The summed E-state index contributed by atoms with van der Waals surface area (Å²) in [7, 11) is 4.20. The van der Waals surface area contributed by atoms with Gasteiger partial charge in [0.2, 0.25) is 0 Å². The van der Waals surface area contributed by atoms with Crippen molar-refractivity contribution in [3.05, 3.63) is 30.1 Å². The molecule has 0 saturated heterocycles. The molecule has 3 nitrogen and oxygen atoms in total. The lowest BCUT2D eigenvalue weighted by atomic mass is 10.2. The predicted molar refractivity (Wildman–Crippen MR) is 63.8 cm³/mol. The van der Waals surface area contributed by atoms with Gasteiger partial charge in [0, 0.05) is 12.2 Å². The van der Waals surface area contributed by atoms with Crippen molar-refractivity contribution in [1.82, 2.24) is 15.2 Å². The largest absolute Gasteiger partial charge is 0.309 e. The SMILES string of the molecule is C[C@@H](NCCCN(C)C)c1ccccn1. The minimum Gasteiger partial charge on any atom is -0.309 e. The topological polar surface area (TPSA) is 28.2 Å². The van der Waals surface area contributed by atoms with Gasteiger partial charge in [-0.1, -0.05) is 6.07 Å². The second-order valence-corrected chi connectivity index (χ2v) is 4.09. The molecule has 0 aliphatic rings. The molecule has 0 aliphatic carbocycles. The van der Waals surface area contributed by atoms with E-state index in [0.29, 0.717) is 6.04 Å². The number of nitrogens with one attached hydrogen (secondary N) is 1. The van der Waals surface area contributed by atoms with Crippen molar-refractivity contribution in [3.8, 4) is 0 Å². The van der Waals surface area contributed by atoms with E-state index in [-0.39, 0.29) is 0 Å². The van der Waals surface area contributed by atoms with Crippen LogP contribution in [0.25, 0.3) is 0 Å². The Morgan fingerprint density at radius 2 is 2.20 bits per heavy atom. The van der Waals surface area contributed by atoms with Crippen LogP contribution in [0.2, 0.25) is 0 Å². The van der Waals surface area contributed by atoms with E-state index in [2.05, 4.69) is 42.3 Å². The fraction of sp³-hybridized carbons (Fsp3) is 0.583. The van der Waals surface area contributed by atoms with Gasteiger partial charge in [-0.2, -0.15) is 0 Å². The molecule has 1 atom stereocenters. The zero-order valence-electron chi connectivity index (χ0n) is 9.90. The molecule has 15 heavy (non-hydrogen) atoms. The molecular formula is C12H21N3. The minimum atomic E-state index is 0.341. The van der Waals surface area contributed by atoms with Crippen molar-refractivity contribution in [2.45, 2.75) is 19.4 Å². The monoisotopic (exact) mass is 207 g/mol. The van der Waals surface area contributed by atoms with Gasteiger partial charge in [0.15, 0.2) is 0 Å². The first-order valence-corrected chi connectivity index (χ1v) is 5.49. The van der Waals surface area contributed by atoms with Crippen LogP contribution in [0.5, 0.6) is 0 Å². The van der Waals surface area contributed by atoms with Crippen LogP contribution in [-0.2, 0) is 0 Å². The number of hydrogen-bond donors (Lipinski definition) is 1. The predicted octanol–water partition coefficient (Wildman–Crippen LogP) is 1.68. The van der Waals surface area contributed by atoms with Gasteiger partial charge in [-0.3, -0.25) is 4.98 Å². The van der Waals surface area contributed by atoms with Gasteiger partial charge in [0.1, 0.15) is 0 Å². The quantitative estimate of drug-likeness (QED) is 0.719. The van der Waals surface area contributed by atoms with Crippen LogP contribution in [-0.4, -0.2) is 37.1 Å². The van der Waals surface area contributed by atoms with Crippen LogP contribution in [0.1, 0.15) is 25.1 Å². The third-order valence-electron chi connectivity index (χ3n) is 2.36. The van der Waals surface area contributed by atoms with Crippen molar-refractivity contribution in [3.63, 3.8) is 0 Å². The molecule has 84 valence electrons. The van der Waals surface area contributed by atoms with Crippen molar-refractivity contribution < 1.29 is 0 Å². The molecule has 1 aromatic rings. The van der Waals surface area contributed by atoms with E-state index >= 15 is 0 Å². The van der Waals surface area contributed by atoms with E-state index in [4.69, 9.17) is 0 Å². The highest BCUT2D eigenvalue weighted by Gasteiger charge is 2.03. The van der Waals surface area contributed by atoms with E-state index in [9.17, 15) is 0 Å². The summed E-state index contributed by atoms with van der Waals surface area (Å²) in [5.41, 5.74) is 1.11. The molecular weight excluding hydrogens is 186 g/mol. The second-order valence-electron chi connectivity index (χ2n) is 4.09. The molecule has 1 rings (SSSR count). The molecule has 0 spiro atoms. The van der Waals surface area contributed by atoms with Gasteiger partial charge in [0.05, 0.1) is 5.69 Å². The van der Waals surface area contributed by atoms with Gasteiger partial charge in [-0.25, -0.2) is 0 Å². The Labute approximate surface area is 92.5 Å². The van der Waals surface area contributed by atoms with Gasteiger partial charge >= 0.3 is 0 Å². The minimum absolute atomic E-state index is 0.341. The van der Waals surface area contributed by atoms with Crippen molar-refractivity contribution in [2.24, 2.45) is 0 Å². The summed E-state index contributed by atoms with van der Waals surface area (Å²) < 4.78 is 0. The average Bonchev–Trinajstić information content (AvgIpc) is 2.25. The number of hydrogen-bond acceptors (Lipinski definition) is 3. The van der Waals surface area contributed by atoms with Crippen LogP contribution in [0.15, 0.2) is 24.4 Å². The van der Waals surface area contributed by atoms with Gasteiger partial charge in [0.25, 0.3) is 0 Å². The standard InChI is InChI=1S/C12H21N3/c1-11(12-7-4-5-8-14-12)13-9-6-10-15(2)3/h4-5,7-8,11,13H,6,9-10H2,1-3H3/t11-/m1/s1. The molecule has 3 heteroatoms. The summed E-state index contributed by atoms with van der Waals surface area (Å²) in [5, 5.41) is 3.47. The highest BCUT2D eigenvalue weighted by molar-refractivity contribution is 5.07. The molecule has 0 amide bonds. The van der Waals surface area contributed by atoms with Crippen molar-refractivity contribution in [1.29, 1.82) is 0 Å². The molecule has 1 aromatic heterocycles. The van der Waals surface area contributed by atoms with Crippen molar-refractivity contribution in [2.75, 3.05) is 27.2 Å². The maximum absolute atomic E-state index is 4.32. The third-order valence-corrected chi connectivity index (χ3v) is 2.36. The fourth-order valence-corrected chi connectivity index (χ4v) is 1.45. The third kappa shape index (κ3) is 4.91. The average molecular weight is 207 g/mol. The van der Waals surface area contributed by atoms with E-state index in [1.807, 2.05) is 18.3 Å². The molecule has 0 aromatic carbocycles. The molecule has 0 saturated carbocycles. The lowest BCUT2D eigenvalue weighted by Crippen LogP contribution is -2.24. The number of nitrogens with zero attached hydrogens (tertiary/aromatic N) is 2. The van der Waals surface area contributed by atoms with Crippen LogP contribution in [0.4, 0.5) is 0 Å². The summed E-state index contributed by atoms with van der Waals surface area (Å²) in [4.78, 5) is 6.52. The Kier molecular flexibility index (Phi) is 5.29. The first-order valence-electron chi connectivity index (χ1n) is 5.49. The molecule has 0 unspecified atom stereocenters. The van der Waals surface area contributed by atoms with Crippen LogP contribution in [0.3, 0.4) is 0 Å². The number of aromatic nitrogens is 1. The number of pyridine rings is 1. The van der Waals surface area contributed by atoms with Gasteiger partial charge in [-0.15, -0.1) is 0 Å². The second kappa shape index (κ2) is 6.53. The lowest BCUT2D eigenvalue weighted by Gasteiger charge is -2.14. The Balaban J connectivity index is 2.22. The van der Waals surface area contributed by atoms with Gasteiger partial charge in [-0.05, 0) is 52.7 Å². The number of rotatable bonds is 6. The maximum atomic E-state index is 4.32. The van der Waals surface area contributed by atoms with Crippen LogP contribution in [0, 0.1) is 0 Å². The molecule has 0 radical (unpaired) electrons. The normalized spacial score (nSPS) is 13.1. The summed E-state index contributed by atoms with van der Waals surface area (Å²) in [5.74, 6) is 0. The zero-order chi connectivity index (χ0) is 11.1. The Bertz CT molecular complexity index is 259. The summed E-state index contributed by atoms with van der Waals surface area (Å²) in [6.07, 6.45) is 3.01. The van der Waals surface area contributed by atoms with E-state index in [0.717, 1.165) is 18.8 Å². The van der Waals surface area contributed by atoms with Crippen molar-refractivity contribution >= 4 is 0 Å².